The summed E-state index contributed by atoms with van der Waals surface area (Å²) in [5.41, 5.74) is 5.86. The highest BCUT2D eigenvalue weighted by Crippen LogP contribution is 2.28. The van der Waals surface area contributed by atoms with E-state index in [2.05, 4.69) is 51.2 Å². The molecule has 5 aromatic rings. The van der Waals surface area contributed by atoms with Crippen LogP contribution in [0.25, 0.3) is 21.9 Å². The summed E-state index contributed by atoms with van der Waals surface area (Å²) in [6.45, 7) is 5.42. The van der Waals surface area contributed by atoms with E-state index in [0.29, 0.717) is 24.0 Å². The predicted octanol–water partition coefficient (Wildman–Crippen LogP) is 4.95. The van der Waals surface area contributed by atoms with Gasteiger partial charge in [0.25, 0.3) is 0 Å². The lowest BCUT2D eigenvalue weighted by Crippen LogP contribution is -2.14. The molecule has 0 bridgehead atoms. The summed E-state index contributed by atoms with van der Waals surface area (Å²) in [4.78, 5) is 17.3. The Hall–Kier alpha value is -4.18. The van der Waals surface area contributed by atoms with Gasteiger partial charge in [0.2, 0.25) is 5.95 Å². The summed E-state index contributed by atoms with van der Waals surface area (Å²) in [6.07, 6.45) is 4.66. The Morgan fingerprint density at radius 3 is 2.79 bits per heavy atom. The number of anilines is 1. The molecular weight excluding hydrogens is 410 g/mol. The van der Waals surface area contributed by atoms with Crippen molar-refractivity contribution in [2.45, 2.75) is 32.7 Å². The zero-order chi connectivity index (χ0) is 22.8. The third-order valence-electron chi connectivity index (χ3n) is 6.02. The molecule has 0 saturated carbocycles. The number of hydrogen-bond acceptors (Lipinski definition) is 5. The topological polar surface area (TPSA) is 95.2 Å². The van der Waals surface area contributed by atoms with E-state index in [1.807, 2.05) is 43.3 Å². The normalized spacial score (nSPS) is 12.2. The van der Waals surface area contributed by atoms with Crippen molar-refractivity contribution in [3.05, 3.63) is 83.6 Å². The number of nitrogens with zero attached hydrogens (tertiary/aromatic N) is 5. The maximum Gasteiger partial charge on any atom is 0.222 e. The molecule has 0 aliphatic carbocycles. The minimum atomic E-state index is -0.575. The Labute approximate surface area is 192 Å². The van der Waals surface area contributed by atoms with E-state index >= 15 is 0 Å². The van der Waals surface area contributed by atoms with Gasteiger partial charge in [0, 0.05) is 36.4 Å². The van der Waals surface area contributed by atoms with Crippen LogP contribution in [-0.2, 0) is 13.0 Å². The van der Waals surface area contributed by atoms with Crippen molar-refractivity contribution in [1.29, 1.82) is 5.26 Å². The first-order chi connectivity index (χ1) is 16.2. The van der Waals surface area contributed by atoms with Crippen molar-refractivity contribution in [2.24, 2.45) is 0 Å². The van der Waals surface area contributed by atoms with Crippen LogP contribution in [-0.4, -0.2) is 31.0 Å². The second-order valence-electron chi connectivity index (χ2n) is 8.06. The number of H-pyrrole nitrogens is 1. The monoisotopic (exact) mass is 435 g/mol. The number of fused-ring (bicyclic) bond motifs is 2. The molecule has 2 aromatic carbocycles. The Morgan fingerprint density at radius 2 is 1.94 bits per heavy atom. The van der Waals surface area contributed by atoms with Crippen LogP contribution in [0.3, 0.4) is 0 Å². The summed E-state index contributed by atoms with van der Waals surface area (Å²) < 4.78 is 2.09. The van der Waals surface area contributed by atoms with Gasteiger partial charge in [0.15, 0.2) is 0 Å². The first kappa shape index (κ1) is 20.7. The van der Waals surface area contributed by atoms with E-state index < -0.39 is 5.92 Å². The molecule has 1 unspecified atom stereocenters. The molecule has 3 aromatic heterocycles. The van der Waals surface area contributed by atoms with Crippen LogP contribution in [0, 0.1) is 18.3 Å². The lowest BCUT2D eigenvalue weighted by molar-refractivity contribution is 0.702. The standard InChI is InChI=1S/C26H25N7/c1-3-33-23-11-7-6-10-22(23)31-25(33)20(14-27)24-17(2)15-30-26(32-24)28-13-12-18-16-29-21-9-5-4-8-19(18)21/h4-11,15-16,20,29H,3,12-13H2,1-2H3,(H,28,30,32). The zero-order valence-electron chi connectivity index (χ0n) is 18.7. The van der Waals surface area contributed by atoms with Gasteiger partial charge in [-0.2, -0.15) is 5.26 Å². The highest BCUT2D eigenvalue weighted by atomic mass is 15.1. The predicted molar refractivity (Wildman–Crippen MR) is 130 cm³/mol. The van der Waals surface area contributed by atoms with Crippen molar-refractivity contribution in [3.8, 4) is 6.07 Å². The van der Waals surface area contributed by atoms with E-state index in [9.17, 15) is 5.26 Å². The molecule has 2 N–H and O–H groups in total. The van der Waals surface area contributed by atoms with Gasteiger partial charge < -0.3 is 14.9 Å². The van der Waals surface area contributed by atoms with Gasteiger partial charge in [0.05, 0.1) is 22.8 Å². The Balaban J connectivity index is 1.40. The highest BCUT2D eigenvalue weighted by molar-refractivity contribution is 5.83. The number of hydrogen-bond donors (Lipinski definition) is 2. The van der Waals surface area contributed by atoms with Crippen LogP contribution in [0.15, 0.2) is 60.9 Å². The average Bonchev–Trinajstić information content (AvgIpc) is 3.42. The van der Waals surface area contributed by atoms with Crippen molar-refractivity contribution in [3.63, 3.8) is 0 Å². The van der Waals surface area contributed by atoms with Gasteiger partial charge >= 0.3 is 0 Å². The summed E-state index contributed by atoms with van der Waals surface area (Å²) in [5.74, 6) is 0.664. The fourth-order valence-corrected chi connectivity index (χ4v) is 4.37. The van der Waals surface area contributed by atoms with Crippen molar-refractivity contribution >= 4 is 27.9 Å². The second-order valence-corrected chi connectivity index (χ2v) is 8.06. The number of benzene rings is 2. The second kappa shape index (κ2) is 8.75. The molecule has 3 heterocycles. The maximum atomic E-state index is 10.1. The number of rotatable bonds is 7. The lowest BCUT2D eigenvalue weighted by Gasteiger charge is -2.14. The molecule has 0 radical (unpaired) electrons. The number of nitriles is 1. The molecule has 7 nitrogen and oxygen atoms in total. The van der Waals surface area contributed by atoms with Gasteiger partial charge in [-0.05, 0) is 49.6 Å². The van der Waals surface area contributed by atoms with Crippen LogP contribution in [0.1, 0.15) is 35.5 Å². The lowest BCUT2D eigenvalue weighted by atomic mass is 10.0. The van der Waals surface area contributed by atoms with Crippen LogP contribution >= 0.6 is 0 Å². The van der Waals surface area contributed by atoms with Gasteiger partial charge in [-0.25, -0.2) is 15.0 Å². The molecule has 7 heteroatoms. The van der Waals surface area contributed by atoms with E-state index in [0.717, 1.165) is 35.1 Å². The molecule has 33 heavy (non-hydrogen) atoms. The fraction of sp³-hybridized carbons (Fsp3) is 0.231. The van der Waals surface area contributed by atoms with E-state index in [-0.39, 0.29) is 0 Å². The smallest absolute Gasteiger partial charge is 0.222 e. The summed E-state index contributed by atoms with van der Waals surface area (Å²) in [5, 5.41) is 14.7. The molecule has 0 saturated heterocycles. The highest BCUT2D eigenvalue weighted by Gasteiger charge is 2.25. The molecule has 0 aliphatic rings. The Bertz CT molecular complexity index is 1470. The summed E-state index contributed by atoms with van der Waals surface area (Å²) >= 11 is 0. The molecule has 1 atom stereocenters. The Kier molecular flexibility index (Phi) is 5.49. The van der Waals surface area contributed by atoms with Crippen LogP contribution in [0.4, 0.5) is 5.95 Å². The SMILES string of the molecule is CCn1c(C(C#N)c2nc(NCCc3c[nH]c4ccccc34)ncc2C)nc2ccccc21. The Morgan fingerprint density at radius 1 is 1.12 bits per heavy atom. The number of para-hydroxylation sites is 3. The summed E-state index contributed by atoms with van der Waals surface area (Å²) in [7, 11) is 0. The van der Waals surface area contributed by atoms with Crippen molar-refractivity contribution in [1.82, 2.24) is 24.5 Å². The minimum Gasteiger partial charge on any atom is -0.361 e. The molecule has 0 amide bonds. The fourth-order valence-electron chi connectivity index (χ4n) is 4.37. The van der Waals surface area contributed by atoms with Crippen LogP contribution < -0.4 is 5.32 Å². The number of nitrogens with one attached hydrogen (secondary N) is 2. The number of aromatic nitrogens is 5. The number of imidazole rings is 1. The molecule has 0 fully saturated rings. The maximum absolute atomic E-state index is 10.1. The largest absolute Gasteiger partial charge is 0.361 e. The van der Waals surface area contributed by atoms with E-state index in [1.54, 1.807) is 6.20 Å². The van der Waals surface area contributed by atoms with Crippen LogP contribution in [0.2, 0.25) is 0 Å². The quantitative estimate of drug-likeness (QED) is 0.377. The molecule has 0 aliphatic heterocycles. The number of aryl methyl sites for hydroxylation is 2. The summed E-state index contributed by atoms with van der Waals surface area (Å²) in [6, 6.07) is 18.7. The first-order valence-electron chi connectivity index (χ1n) is 11.2. The first-order valence-corrected chi connectivity index (χ1v) is 11.2. The third-order valence-corrected chi connectivity index (χ3v) is 6.02. The zero-order valence-corrected chi connectivity index (χ0v) is 18.7. The van der Waals surface area contributed by atoms with Gasteiger partial charge in [-0.3, -0.25) is 0 Å². The van der Waals surface area contributed by atoms with E-state index in [1.165, 1.54) is 10.9 Å². The number of aromatic amines is 1. The molecule has 5 rings (SSSR count). The molecular formula is C26H25N7. The molecule has 0 spiro atoms. The van der Waals surface area contributed by atoms with Gasteiger partial charge in [0.1, 0.15) is 11.7 Å². The van der Waals surface area contributed by atoms with Crippen LogP contribution in [0.5, 0.6) is 0 Å². The average molecular weight is 436 g/mol. The van der Waals surface area contributed by atoms with E-state index in [4.69, 9.17) is 9.97 Å². The van der Waals surface area contributed by atoms with Gasteiger partial charge in [-0.15, -0.1) is 0 Å². The van der Waals surface area contributed by atoms with Gasteiger partial charge in [-0.1, -0.05) is 30.3 Å². The molecule has 164 valence electrons. The van der Waals surface area contributed by atoms with Crippen molar-refractivity contribution < 1.29 is 0 Å². The van der Waals surface area contributed by atoms with Crippen molar-refractivity contribution in [2.75, 3.05) is 11.9 Å². The minimum absolute atomic E-state index is 0.523. The third kappa shape index (κ3) is 3.80.